The highest BCUT2D eigenvalue weighted by Gasteiger charge is 2.25. The number of aliphatic hydroxyl groups excluding tert-OH is 1. The van der Waals surface area contributed by atoms with E-state index in [4.69, 9.17) is 15.6 Å². The van der Waals surface area contributed by atoms with Crippen LogP contribution >= 0.6 is 0 Å². The van der Waals surface area contributed by atoms with Crippen LogP contribution < -0.4 is 5.73 Å². The van der Waals surface area contributed by atoms with Gasteiger partial charge >= 0.3 is 0 Å². The van der Waals surface area contributed by atoms with Crippen molar-refractivity contribution in [2.24, 2.45) is 5.73 Å². The average Bonchev–Trinajstić information content (AvgIpc) is 2.35. The quantitative estimate of drug-likeness (QED) is 0.681. The number of hydrogen-bond acceptors (Lipinski definition) is 4. The highest BCUT2D eigenvalue weighted by molar-refractivity contribution is 5.81. The maximum absolute atomic E-state index is 11.8. The third kappa shape index (κ3) is 3.73. The van der Waals surface area contributed by atoms with E-state index in [-0.39, 0.29) is 24.7 Å². The summed E-state index contributed by atoms with van der Waals surface area (Å²) >= 11 is 0. The first-order chi connectivity index (χ1) is 7.69. The van der Waals surface area contributed by atoms with E-state index >= 15 is 0 Å². The minimum absolute atomic E-state index is 0.0445. The molecule has 0 saturated carbocycles. The second-order valence-corrected chi connectivity index (χ2v) is 4.13. The lowest BCUT2D eigenvalue weighted by Crippen LogP contribution is -2.48. The number of hydrogen-bond donors (Lipinski definition) is 2. The van der Waals surface area contributed by atoms with Gasteiger partial charge in [0.05, 0.1) is 25.4 Å². The first-order valence-corrected chi connectivity index (χ1v) is 5.95. The van der Waals surface area contributed by atoms with E-state index in [0.29, 0.717) is 26.1 Å². The summed E-state index contributed by atoms with van der Waals surface area (Å²) in [4.78, 5) is 13.6. The van der Waals surface area contributed by atoms with Gasteiger partial charge in [0.25, 0.3) is 0 Å². The lowest BCUT2D eigenvalue weighted by molar-refractivity contribution is -0.135. The standard InChI is InChI=1S/C11H22N2O3/c1-2-10(12)11(15)13-5-3-9(4-6-13)16-8-7-14/h9-10,14H,2-8,12H2,1H3. The van der Waals surface area contributed by atoms with Gasteiger partial charge in [0.15, 0.2) is 0 Å². The molecule has 1 fully saturated rings. The molecule has 1 saturated heterocycles. The minimum atomic E-state index is -0.366. The molecule has 0 aromatic heterocycles. The molecule has 3 N–H and O–H groups in total. The molecule has 0 spiro atoms. The summed E-state index contributed by atoms with van der Waals surface area (Å²) in [6.07, 6.45) is 2.53. The van der Waals surface area contributed by atoms with Gasteiger partial charge in [-0.05, 0) is 19.3 Å². The van der Waals surface area contributed by atoms with E-state index in [1.165, 1.54) is 0 Å². The third-order valence-electron chi connectivity index (χ3n) is 2.96. The molecular formula is C11H22N2O3. The zero-order valence-electron chi connectivity index (χ0n) is 9.89. The zero-order valence-corrected chi connectivity index (χ0v) is 9.89. The monoisotopic (exact) mass is 230 g/mol. The maximum atomic E-state index is 11.8. The van der Waals surface area contributed by atoms with E-state index in [1.807, 2.05) is 11.8 Å². The van der Waals surface area contributed by atoms with Crippen LogP contribution in [0.1, 0.15) is 26.2 Å². The fourth-order valence-corrected chi connectivity index (χ4v) is 1.87. The molecule has 5 nitrogen and oxygen atoms in total. The topological polar surface area (TPSA) is 75.8 Å². The minimum Gasteiger partial charge on any atom is -0.394 e. The van der Waals surface area contributed by atoms with Crippen LogP contribution in [0.3, 0.4) is 0 Å². The largest absolute Gasteiger partial charge is 0.394 e. The Morgan fingerprint density at radius 3 is 2.69 bits per heavy atom. The van der Waals surface area contributed by atoms with Gasteiger partial charge in [-0.3, -0.25) is 4.79 Å². The first kappa shape index (κ1) is 13.4. The molecular weight excluding hydrogens is 208 g/mol. The number of nitrogens with zero attached hydrogens (tertiary/aromatic N) is 1. The molecule has 0 aromatic carbocycles. The Bertz CT molecular complexity index is 215. The van der Waals surface area contributed by atoms with E-state index in [1.54, 1.807) is 0 Å². The van der Waals surface area contributed by atoms with E-state index in [0.717, 1.165) is 12.8 Å². The first-order valence-electron chi connectivity index (χ1n) is 5.95. The van der Waals surface area contributed by atoms with Gasteiger partial charge in [0, 0.05) is 13.1 Å². The molecule has 5 heteroatoms. The normalized spacial score (nSPS) is 19.8. The van der Waals surface area contributed by atoms with Crippen LogP contribution in [0.5, 0.6) is 0 Å². The molecule has 1 aliphatic rings. The summed E-state index contributed by atoms with van der Waals surface area (Å²) in [6.45, 7) is 3.78. The molecule has 0 bridgehead atoms. The van der Waals surface area contributed by atoms with E-state index in [9.17, 15) is 4.79 Å². The highest BCUT2D eigenvalue weighted by Crippen LogP contribution is 2.14. The number of carbonyl (C=O) groups is 1. The Balaban J connectivity index is 2.28. The summed E-state index contributed by atoms with van der Waals surface area (Å²) in [7, 11) is 0. The number of carbonyl (C=O) groups excluding carboxylic acids is 1. The Morgan fingerprint density at radius 2 is 2.19 bits per heavy atom. The number of amides is 1. The molecule has 0 aromatic rings. The van der Waals surface area contributed by atoms with Crippen LogP contribution in [0.15, 0.2) is 0 Å². The fourth-order valence-electron chi connectivity index (χ4n) is 1.87. The van der Waals surface area contributed by atoms with Crippen molar-refractivity contribution in [3.05, 3.63) is 0 Å². The van der Waals surface area contributed by atoms with Crippen LogP contribution in [0.4, 0.5) is 0 Å². The Morgan fingerprint density at radius 1 is 1.56 bits per heavy atom. The molecule has 1 aliphatic heterocycles. The van der Waals surface area contributed by atoms with Crippen LogP contribution in [0.25, 0.3) is 0 Å². The second-order valence-electron chi connectivity index (χ2n) is 4.13. The molecule has 1 rings (SSSR count). The van der Waals surface area contributed by atoms with Crippen LogP contribution in [0.2, 0.25) is 0 Å². The summed E-state index contributed by atoms with van der Waals surface area (Å²) in [5.74, 6) is 0.0445. The molecule has 0 aliphatic carbocycles. The van der Waals surface area contributed by atoms with E-state index < -0.39 is 0 Å². The van der Waals surface area contributed by atoms with Gasteiger partial charge < -0.3 is 20.5 Å². The van der Waals surface area contributed by atoms with Crippen molar-refractivity contribution in [1.29, 1.82) is 0 Å². The van der Waals surface area contributed by atoms with Gasteiger partial charge in [0.1, 0.15) is 0 Å². The van der Waals surface area contributed by atoms with Gasteiger partial charge in [-0.25, -0.2) is 0 Å². The number of ether oxygens (including phenoxy) is 1. The highest BCUT2D eigenvalue weighted by atomic mass is 16.5. The van der Waals surface area contributed by atoms with Gasteiger partial charge in [-0.1, -0.05) is 6.92 Å². The van der Waals surface area contributed by atoms with Crippen molar-refractivity contribution in [3.63, 3.8) is 0 Å². The third-order valence-corrected chi connectivity index (χ3v) is 2.96. The summed E-state index contributed by atoms with van der Waals surface area (Å²) in [6, 6.07) is -0.366. The Labute approximate surface area is 96.6 Å². The van der Waals surface area contributed by atoms with Crippen molar-refractivity contribution < 1.29 is 14.6 Å². The summed E-state index contributed by atoms with van der Waals surface area (Å²) in [5, 5.41) is 8.64. The predicted octanol–water partition coefficient (Wildman–Crippen LogP) is -0.276. The van der Waals surface area contributed by atoms with Gasteiger partial charge in [0.2, 0.25) is 5.91 Å². The lowest BCUT2D eigenvalue weighted by Gasteiger charge is -2.33. The average molecular weight is 230 g/mol. The summed E-state index contributed by atoms with van der Waals surface area (Å²) < 4.78 is 5.43. The van der Waals surface area contributed by atoms with E-state index in [2.05, 4.69) is 0 Å². The fraction of sp³-hybridized carbons (Fsp3) is 0.909. The number of rotatable bonds is 5. The molecule has 1 unspecified atom stereocenters. The SMILES string of the molecule is CCC(N)C(=O)N1CCC(OCCO)CC1. The van der Waals surface area contributed by atoms with Crippen molar-refractivity contribution in [2.75, 3.05) is 26.3 Å². The van der Waals surface area contributed by atoms with Crippen molar-refractivity contribution >= 4 is 5.91 Å². The number of likely N-dealkylation sites (tertiary alicyclic amines) is 1. The van der Waals surface area contributed by atoms with Crippen molar-refractivity contribution in [3.8, 4) is 0 Å². The second kappa shape index (κ2) is 6.83. The van der Waals surface area contributed by atoms with Gasteiger partial charge in [-0.15, -0.1) is 0 Å². The van der Waals surface area contributed by atoms with Crippen LogP contribution in [-0.4, -0.2) is 54.4 Å². The number of nitrogens with two attached hydrogens (primary N) is 1. The van der Waals surface area contributed by atoms with Crippen LogP contribution in [0, 0.1) is 0 Å². The predicted molar refractivity (Wildman–Crippen MR) is 60.9 cm³/mol. The molecule has 1 amide bonds. The Hall–Kier alpha value is -0.650. The van der Waals surface area contributed by atoms with Crippen LogP contribution in [-0.2, 0) is 9.53 Å². The molecule has 94 valence electrons. The molecule has 0 radical (unpaired) electrons. The van der Waals surface area contributed by atoms with Crippen molar-refractivity contribution in [2.45, 2.75) is 38.3 Å². The van der Waals surface area contributed by atoms with Crippen molar-refractivity contribution in [1.82, 2.24) is 4.90 Å². The summed E-state index contributed by atoms with van der Waals surface area (Å²) in [5.41, 5.74) is 5.71. The number of piperidine rings is 1. The zero-order chi connectivity index (χ0) is 12.0. The lowest BCUT2D eigenvalue weighted by atomic mass is 10.1. The molecule has 16 heavy (non-hydrogen) atoms. The maximum Gasteiger partial charge on any atom is 0.239 e. The smallest absolute Gasteiger partial charge is 0.239 e. The number of aliphatic hydroxyl groups is 1. The Kier molecular flexibility index (Phi) is 5.73. The molecule has 1 heterocycles. The van der Waals surface area contributed by atoms with Gasteiger partial charge in [-0.2, -0.15) is 0 Å². The molecule has 1 atom stereocenters.